The molecular formula is C18H21ClN4O2S. The number of benzene rings is 1. The van der Waals surface area contributed by atoms with Gasteiger partial charge in [0.05, 0.1) is 16.1 Å². The van der Waals surface area contributed by atoms with E-state index in [0.29, 0.717) is 16.7 Å². The molecule has 3 heterocycles. The molecule has 8 heteroatoms. The minimum Gasteiger partial charge on any atom is -0.325 e. The van der Waals surface area contributed by atoms with E-state index in [4.69, 9.17) is 11.6 Å². The quantitative estimate of drug-likeness (QED) is 0.844. The fraction of sp³-hybridized carbons (Fsp3) is 0.500. The van der Waals surface area contributed by atoms with Gasteiger partial charge in [-0.3, -0.25) is 4.79 Å². The van der Waals surface area contributed by atoms with Crippen LogP contribution in [-0.4, -0.2) is 52.9 Å². The molecule has 1 aromatic heterocycles. The zero-order chi connectivity index (χ0) is 18.1. The van der Waals surface area contributed by atoms with Crippen LogP contribution in [0.25, 0.3) is 10.2 Å². The van der Waals surface area contributed by atoms with Crippen molar-refractivity contribution in [2.75, 3.05) is 31.5 Å². The normalized spacial score (nSPS) is 20.6. The Morgan fingerprint density at radius 2 is 1.92 bits per heavy atom. The monoisotopic (exact) mass is 392 g/mol. The van der Waals surface area contributed by atoms with Gasteiger partial charge in [-0.15, -0.1) is 0 Å². The Morgan fingerprint density at radius 1 is 1.15 bits per heavy atom. The van der Waals surface area contributed by atoms with Gasteiger partial charge < -0.3 is 15.1 Å². The molecular weight excluding hydrogens is 372 g/mol. The number of nitrogens with zero attached hydrogens (tertiary/aromatic N) is 3. The molecule has 1 aromatic carbocycles. The molecule has 4 rings (SSSR count). The van der Waals surface area contributed by atoms with Gasteiger partial charge in [-0.2, -0.15) is 0 Å². The van der Waals surface area contributed by atoms with Gasteiger partial charge in [0.2, 0.25) is 5.91 Å². The number of aromatic nitrogens is 1. The molecule has 1 N–H and O–H groups in total. The number of halogens is 1. The van der Waals surface area contributed by atoms with Crippen LogP contribution in [0.4, 0.5) is 9.93 Å². The smallest absolute Gasteiger partial charge is 0.320 e. The zero-order valence-electron chi connectivity index (χ0n) is 14.4. The van der Waals surface area contributed by atoms with Gasteiger partial charge in [-0.25, -0.2) is 9.78 Å². The summed E-state index contributed by atoms with van der Waals surface area (Å²) >= 11 is 7.43. The summed E-state index contributed by atoms with van der Waals surface area (Å²) in [7, 11) is 0. The van der Waals surface area contributed by atoms with Crippen LogP contribution in [0.1, 0.15) is 25.7 Å². The van der Waals surface area contributed by atoms with Crippen molar-refractivity contribution in [2.45, 2.75) is 25.7 Å². The number of piperidine rings is 1. The first kappa shape index (κ1) is 17.5. The molecule has 3 amide bonds. The van der Waals surface area contributed by atoms with E-state index >= 15 is 0 Å². The van der Waals surface area contributed by atoms with Crippen molar-refractivity contribution in [3.8, 4) is 0 Å². The molecule has 0 aliphatic carbocycles. The number of carbonyl (C=O) groups is 2. The van der Waals surface area contributed by atoms with Gasteiger partial charge in [-0.05, 0) is 43.9 Å². The number of rotatable bonds is 2. The van der Waals surface area contributed by atoms with Crippen molar-refractivity contribution in [1.82, 2.24) is 14.8 Å². The molecule has 138 valence electrons. The van der Waals surface area contributed by atoms with E-state index in [-0.39, 0.29) is 17.9 Å². The summed E-state index contributed by atoms with van der Waals surface area (Å²) in [4.78, 5) is 33.4. The largest absolute Gasteiger partial charge is 0.325 e. The van der Waals surface area contributed by atoms with Crippen LogP contribution in [0, 0.1) is 5.92 Å². The molecule has 1 unspecified atom stereocenters. The predicted molar refractivity (Wildman–Crippen MR) is 104 cm³/mol. The Kier molecular flexibility index (Phi) is 5.00. The molecule has 0 saturated carbocycles. The van der Waals surface area contributed by atoms with Crippen molar-refractivity contribution in [1.29, 1.82) is 0 Å². The standard InChI is InChI=1S/C18H21ClN4O2S/c19-13-5-6-15-14(10-13)20-17(26-15)21-16(24)12-4-3-9-23(11-12)18(25)22-7-1-2-8-22/h5-6,10,12H,1-4,7-9,11H2,(H,20,21,24). The summed E-state index contributed by atoms with van der Waals surface area (Å²) in [5, 5.41) is 4.13. The summed E-state index contributed by atoms with van der Waals surface area (Å²) in [5.41, 5.74) is 0.785. The van der Waals surface area contributed by atoms with Crippen molar-refractivity contribution in [3.05, 3.63) is 23.2 Å². The fourth-order valence-corrected chi connectivity index (χ4v) is 4.65. The summed E-state index contributed by atoms with van der Waals surface area (Å²) in [6.07, 6.45) is 3.80. The van der Waals surface area contributed by atoms with Crippen molar-refractivity contribution in [3.63, 3.8) is 0 Å². The number of thiazole rings is 1. The Bertz CT molecular complexity index is 834. The zero-order valence-corrected chi connectivity index (χ0v) is 16.0. The lowest BCUT2D eigenvalue weighted by Gasteiger charge is -2.34. The number of urea groups is 1. The van der Waals surface area contributed by atoms with Crippen LogP contribution in [0.5, 0.6) is 0 Å². The molecule has 2 saturated heterocycles. The average molecular weight is 393 g/mol. The number of carbonyl (C=O) groups excluding carboxylic acids is 2. The lowest BCUT2D eigenvalue weighted by molar-refractivity contribution is -0.121. The lowest BCUT2D eigenvalue weighted by Crippen LogP contribution is -2.48. The minimum absolute atomic E-state index is 0.0610. The maximum absolute atomic E-state index is 12.7. The van der Waals surface area contributed by atoms with Crippen LogP contribution >= 0.6 is 22.9 Å². The Hall–Kier alpha value is -1.86. The highest BCUT2D eigenvalue weighted by Crippen LogP contribution is 2.29. The van der Waals surface area contributed by atoms with Crippen molar-refractivity contribution in [2.24, 2.45) is 5.92 Å². The summed E-state index contributed by atoms with van der Waals surface area (Å²) in [6, 6.07) is 5.59. The third-order valence-corrected chi connectivity index (χ3v) is 6.21. The number of hydrogen-bond acceptors (Lipinski definition) is 4. The fourth-order valence-electron chi connectivity index (χ4n) is 3.63. The highest BCUT2D eigenvalue weighted by Gasteiger charge is 2.31. The Morgan fingerprint density at radius 3 is 2.73 bits per heavy atom. The lowest BCUT2D eigenvalue weighted by atomic mass is 9.97. The average Bonchev–Trinajstić information content (AvgIpc) is 3.30. The van der Waals surface area contributed by atoms with Crippen LogP contribution in [0.3, 0.4) is 0 Å². The van der Waals surface area contributed by atoms with Gasteiger partial charge in [0.15, 0.2) is 5.13 Å². The Labute approximate surface area is 161 Å². The number of hydrogen-bond donors (Lipinski definition) is 1. The summed E-state index contributed by atoms with van der Waals surface area (Å²) < 4.78 is 0.985. The Balaban J connectivity index is 1.41. The molecule has 2 aromatic rings. The second-order valence-electron chi connectivity index (χ2n) is 6.88. The number of anilines is 1. The van der Waals surface area contributed by atoms with Crippen LogP contribution < -0.4 is 5.32 Å². The SMILES string of the molecule is O=C(Nc1nc2cc(Cl)ccc2s1)C1CCCN(C(=O)N2CCCC2)C1. The van der Waals surface area contributed by atoms with Gasteiger partial charge in [-0.1, -0.05) is 22.9 Å². The topological polar surface area (TPSA) is 65.5 Å². The maximum Gasteiger partial charge on any atom is 0.320 e. The summed E-state index contributed by atoms with van der Waals surface area (Å²) in [5.74, 6) is -0.250. The molecule has 2 aliphatic rings. The maximum atomic E-state index is 12.7. The molecule has 1 atom stereocenters. The highest BCUT2D eigenvalue weighted by molar-refractivity contribution is 7.22. The minimum atomic E-state index is -0.189. The van der Waals surface area contributed by atoms with E-state index < -0.39 is 0 Å². The third-order valence-electron chi connectivity index (χ3n) is 5.02. The van der Waals surface area contributed by atoms with Crippen molar-refractivity contribution >= 4 is 50.2 Å². The number of likely N-dealkylation sites (tertiary alicyclic amines) is 2. The van der Waals surface area contributed by atoms with Crippen LogP contribution in [0.15, 0.2) is 18.2 Å². The van der Waals surface area contributed by atoms with E-state index in [1.165, 1.54) is 11.3 Å². The van der Waals surface area contributed by atoms with Crippen LogP contribution in [0.2, 0.25) is 5.02 Å². The van der Waals surface area contributed by atoms with Crippen molar-refractivity contribution < 1.29 is 9.59 Å². The number of amides is 3. The molecule has 26 heavy (non-hydrogen) atoms. The first-order valence-electron chi connectivity index (χ1n) is 9.01. The molecule has 0 spiro atoms. The van der Waals surface area contributed by atoms with E-state index in [0.717, 1.165) is 55.5 Å². The number of fused-ring (bicyclic) bond motifs is 1. The number of nitrogens with one attached hydrogen (secondary N) is 1. The highest BCUT2D eigenvalue weighted by atomic mass is 35.5. The van der Waals surface area contributed by atoms with E-state index in [1.807, 2.05) is 21.9 Å². The summed E-state index contributed by atoms with van der Waals surface area (Å²) in [6.45, 7) is 2.89. The third kappa shape index (κ3) is 3.64. The van der Waals surface area contributed by atoms with Crippen LogP contribution in [-0.2, 0) is 4.79 Å². The van der Waals surface area contributed by atoms with Gasteiger partial charge in [0.25, 0.3) is 0 Å². The predicted octanol–water partition coefficient (Wildman–Crippen LogP) is 3.82. The van der Waals surface area contributed by atoms with E-state index in [2.05, 4.69) is 10.3 Å². The second-order valence-corrected chi connectivity index (χ2v) is 8.35. The van der Waals surface area contributed by atoms with E-state index in [9.17, 15) is 9.59 Å². The van der Waals surface area contributed by atoms with Gasteiger partial charge in [0, 0.05) is 31.2 Å². The van der Waals surface area contributed by atoms with E-state index in [1.54, 1.807) is 6.07 Å². The molecule has 0 bridgehead atoms. The molecule has 6 nitrogen and oxygen atoms in total. The first-order chi connectivity index (χ1) is 12.6. The van der Waals surface area contributed by atoms with Gasteiger partial charge >= 0.3 is 6.03 Å². The second kappa shape index (κ2) is 7.40. The first-order valence-corrected chi connectivity index (χ1v) is 10.2. The van der Waals surface area contributed by atoms with Gasteiger partial charge in [0.1, 0.15) is 0 Å². The molecule has 0 radical (unpaired) electrons. The molecule has 2 aliphatic heterocycles. The molecule has 2 fully saturated rings.